The SMILES string of the molecule is CC(=O)C(C)N1CCN2CCCCC2C1. The lowest BCUT2D eigenvalue weighted by molar-refractivity contribution is -0.123. The molecule has 3 nitrogen and oxygen atoms in total. The zero-order valence-electron chi connectivity index (χ0n) is 9.91. The van der Waals surface area contributed by atoms with Gasteiger partial charge in [0.25, 0.3) is 0 Å². The third-order valence-corrected chi connectivity index (χ3v) is 4.00. The van der Waals surface area contributed by atoms with Crippen molar-refractivity contribution in [3.63, 3.8) is 0 Å². The maximum absolute atomic E-state index is 11.3. The Balaban J connectivity index is 1.93. The molecule has 2 saturated heterocycles. The first-order valence-electron chi connectivity index (χ1n) is 6.17. The van der Waals surface area contributed by atoms with Crippen LogP contribution >= 0.6 is 0 Å². The Morgan fingerprint density at radius 1 is 1.27 bits per heavy atom. The van der Waals surface area contributed by atoms with E-state index < -0.39 is 0 Å². The third-order valence-electron chi connectivity index (χ3n) is 4.00. The lowest BCUT2D eigenvalue weighted by Crippen LogP contribution is -2.57. The van der Waals surface area contributed by atoms with Crippen LogP contribution < -0.4 is 0 Å². The van der Waals surface area contributed by atoms with Gasteiger partial charge in [0.2, 0.25) is 0 Å². The predicted octanol–water partition coefficient (Wildman–Crippen LogP) is 1.13. The number of ketones is 1. The van der Waals surface area contributed by atoms with Crippen LogP contribution in [0.15, 0.2) is 0 Å². The first-order valence-corrected chi connectivity index (χ1v) is 6.17. The normalized spacial score (nSPS) is 30.9. The van der Waals surface area contributed by atoms with Gasteiger partial charge in [-0.25, -0.2) is 0 Å². The van der Waals surface area contributed by atoms with Gasteiger partial charge in [-0.05, 0) is 33.2 Å². The van der Waals surface area contributed by atoms with E-state index in [0.717, 1.165) is 19.6 Å². The summed E-state index contributed by atoms with van der Waals surface area (Å²) in [7, 11) is 0. The largest absolute Gasteiger partial charge is 0.298 e. The smallest absolute Gasteiger partial charge is 0.146 e. The monoisotopic (exact) mass is 210 g/mol. The number of rotatable bonds is 2. The number of fused-ring (bicyclic) bond motifs is 1. The fraction of sp³-hybridized carbons (Fsp3) is 0.917. The summed E-state index contributed by atoms with van der Waals surface area (Å²) >= 11 is 0. The van der Waals surface area contributed by atoms with Crippen molar-refractivity contribution in [3.8, 4) is 0 Å². The van der Waals surface area contributed by atoms with E-state index in [1.54, 1.807) is 6.92 Å². The van der Waals surface area contributed by atoms with Crippen molar-refractivity contribution in [2.75, 3.05) is 26.2 Å². The maximum atomic E-state index is 11.3. The maximum Gasteiger partial charge on any atom is 0.146 e. The molecule has 0 aromatic heterocycles. The molecule has 2 rings (SSSR count). The molecule has 0 aromatic carbocycles. The molecular weight excluding hydrogens is 188 g/mol. The van der Waals surface area contributed by atoms with Gasteiger partial charge in [-0.1, -0.05) is 6.42 Å². The molecule has 0 amide bonds. The quantitative estimate of drug-likeness (QED) is 0.683. The zero-order chi connectivity index (χ0) is 10.8. The molecule has 0 spiro atoms. The molecule has 0 aromatic rings. The van der Waals surface area contributed by atoms with Crippen LogP contribution in [-0.4, -0.2) is 53.8 Å². The first kappa shape index (κ1) is 11.1. The Labute approximate surface area is 92.4 Å². The molecule has 2 aliphatic rings. The number of piperazine rings is 1. The van der Waals surface area contributed by atoms with Gasteiger partial charge >= 0.3 is 0 Å². The van der Waals surface area contributed by atoms with Crippen molar-refractivity contribution in [1.82, 2.24) is 9.80 Å². The summed E-state index contributed by atoms with van der Waals surface area (Å²) in [5.41, 5.74) is 0. The highest BCUT2D eigenvalue weighted by Crippen LogP contribution is 2.22. The second-order valence-corrected chi connectivity index (χ2v) is 4.97. The summed E-state index contributed by atoms with van der Waals surface area (Å²) < 4.78 is 0. The number of carbonyl (C=O) groups is 1. The van der Waals surface area contributed by atoms with Gasteiger partial charge in [0.15, 0.2) is 0 Å². The van der Waals surface area contributed by atoms with Gasteiger partial charge in [-0.3, -0.25) is 14.6 Å². The fourth-order valence-corrected chi connectivity index (χ4v) is 2.79. The lowest BCUT2D eigenvalue weighted by Gasteiger charge is -2.45. The minimum Gasteiger partial charge on any atom is -0.298 e. The molecule has 2 atom stereocenters. The molecule has 2 aliphatic heterocycles. The van der Waals surface area contributed by atoms with Crippen molar-refractivity contribution >= 4 is 5.78 Å². The van der Waals surface area contributed by atoms with Crippen LogP contribution in [-0.2, 0) is 4.79 Å². The second kappa shape index (κ2) is 4.62. The van der Waals surface area contributed by atoms with Crippen LogP contribution in [0, 0.1) is 0 Å². The summed E-state index contributed by atoms with van der Waals surface area (Å²) in [6.45, 7) is 8.34. The van der Waals surface area contributed by atoms with E-state index in [0.29, 0.717) is 11.8 Å². The van der Waals surface area contributed by atoms with E-state index in [4.69, 9.17) is 0 Å². The van der Waals surface area contributed by atoms with Crippen LogP contribution in [0.1, 0.15) is 33.1 Å². The number of hydrogen-bond donors (Lipinski definition) is 0. The summed E-state index contributed by atoms with van der Waals surface area (Å²) in [5.74, 6) is 0.305. The van der Waals surface area contributed by atoms with Crippen LogP contribution in [0.3, 0.4) is 0 Å². The Kier molecular flexibility index (Phi) is 3.42. The Hall–Kier alpha value is -0.410. The standard InChI is InChI=1S/C12H22N2O/c1-10(11(2)15)14-8-7-13-6-4-3-5-12(13)9-14/h10,12H,3-9H2,1-2H3. The molecule has 2 fully saturated rings. The van der Waals surface area contributed by atoms with Gasteiger partial charge < -0.3 is 0 Å². The Morgan fingerprint density at radius 2 is 2.07 bits per heavy atom. The second-order valence-electron chi connectivity index (χ2n) is 4.97. The van der Waals surface area contributed by atoms with Crippen LogP contribution in [0.25, 0.3) is 0 Å². The molecule has 2 heterocycles. The van der Waals surface area contributed by atoms with Gasteiger partial charge in [0.1, 0.15) is 5.78 Å². The number of hydrogen-bond acceptors (Lipinski definition) is 3. The Morgan fingerprint density at radius 3 is 2.80 bits per heavy atom. The van der Waals surface area contributed by atoms with Crippen LogP contribution in [0.5, 0.6) is 0 Å². The highest BCUT2D eigenvalue weighted by atomic mass is 16.1. The molecule has 0 N–H and O–H groups in total. The molecule has 0 bridgehead atoms. The van der Waals surface area contributed by atoms with Gasteiger partial charge in [0.05, 0.1) is 6.04 Å². The topological polar surface area (TPSA) is 23.6 Å². The zero-order valence-corrected chi connectivity index (χ0v) is 9.91. The summed E-state index contributed by atoms with van der Waals surface area (Å²) in [6.07, 6.45) is 4.04. The first-order chi connectivity index (χ1) is 7.18. The van der Waals surface area contributed by atoms with Gasteiger partial charge in [-0.15, -0.1) is 0 Å². The summed E-state index contributed by atoms with van der Waals surface area (Å²) in [6, 6.07) is 0.836. The fourth-order valence-electron chi connectivity index (χ4n) is 2.79. The van der Waals surface area contributed by atoms with Crippen LogP contribution in [0.2, 0.25) is 0 Å². The third kappa shape index (κ3) is 2.40. The molecule has 15 heavy (non-hydrogen) atoms. The number of Topliss-reactive ketones (excluding diaryl/α,β-unsaturated/α-hetero) is 1. The minimum atomic E-state index is 0.120. The van der Waals surface area contributed by atoms with E-state index in [9.17, 15) is 4.79 Å². The number of piperidine rings is 1. The van der Waals surface area contributed by atoms with Gasteiger partial charge in [-0.2, -0.15) is 0 Å². The summed E-state index contributed by atoms with van der Waals surface area (Å²) in [5, 5.41) is 0. The number of carbonyl (C=O) groups excluding carboxylic acids is 1. The highest BCUT2D eigenvalue weighted by Gasteiger charge is 2.31. The van der Waals surface area contributed by atoms with Crippen molar-refractivity contribution in [2.24, 2.45) is 0 Å². The van der Waals surface area contributed by atoms with E-state index in [2.05, 4.69) is 9.80 Å². The molecule has 0 aliphatic carbocycles. The molecule has 3 heteroatoms. The van der Waals surface area contributed by atoms with Crippen molar-refractivity contribution in [3.05, 3.63) is 0 Å². The van der Waals surface area contributed by atoms with E-state index in [1.807, 2.05) is 6.92 Å². The van der Waals surface area contributed by atoms with Crippen LogP contribution in [0.4, 0.5) is 0 Å². The lowest BCUT2D eigenvalue weighted by atomic mass is 9.98. The molecule has 2 unspecified atom stereocenters. The minimum absolute atomic E-state index is 0.120. The molecular formula is C12H22N2O. The average molecular weight is 210 g/mol. The van der Waals surface area contributed by atoms with Crippen molar-refractivity contribution in [1.29, 1.82) is 0 Å². The summed E-state index contributed by atoms with van der Waals surface area (Å²) in [4.78, 5) is 16.3. The van der Waals surface area contributed by atoms with E-state index in [1.165, 1.54) is 25.8 Å². The predicted molar refractivity (Wildman–Crippen MR) is 60.9 cm³/mol. The Bertz CT molecular complexity index is 242. The molecule has 0 radical (unpaired) electrons. The van der Waals surface area contributed by atoms with E-state index >= 15 is 0 Å². The van der Waals surface area contributed by atoms with Gasteiger partial charge in [0, 0.05) is 25.7 Å². The van der Waals surface area contributed by atoms with Crippen molar-refractivity contribution in [2.45, 2.75) is 45.2 Å². The highest BCUT2D eigenvalue weighted by molar-refractivity contribution is 5.80. The average Bonchev–Trinajstić information content (AvgIpc) is 2.27. The molecule has 0 saturated carbocycles. The van der Waals surface area contributed by atoms with Crippen molar-refractivity contribution < 1.29 is 4.79 Å². The molecule has 86 valence electrons. The number of nitrogens with zero attached hydrogens (tertiary/aromatic N) is 2. The van der Waals surface area contributed by atoms with E-state index in [-0.39, 0.29) is 6.04 Å².